The second-order valence-corrected chi connectivity index (χ2v) is 14.1. The maximum absolute atomic E-state index is 13.2. The van der Waals surface area contributed by atoms with Crippen LogP contribution in [0.4, 0.5) is 0 Å². The second kappa shape index (κ2) is 19.9. The molecule has 0 aliphatic carbocycles. The normalized spacial score (nSPS) is 18.0. The molecule has 3 heterocycles. The maximum Gasteiger partial charge on any atom is 0.333 e. The molecule has 1 saturated heterocycles. The smallest absolute Gasteiger partial charge is 0.333 e. The summed E-state index contributed by atoms with van der Waals surface area (Å²) in [6, 6.07) is 4.24. The predicted octanol–water partition coefficient (Wildman–Crippen LogP) is -0.560. The minimum absolute atomic E-state index is 0.00723. The van der Waals surface area contributed by atoms with Crippen LogP contribution in [0.25, 0.3) is 0 Å². The van der Waals surface area contributed by atoms with Gasteiger partial charge in [-0.2, -0.15) is 0 Å². The highest BCUT2D eigenvalue weighted by Gasteiger charge is 2.40. The van der Waals surface area contributed by atoms with Crippen LogP contribution in [0.3, 0.4) is 0 Å². The van der Waals surface area contributed by atoms with Crippen LogP contribution in [0.2, 0.25) is 0 Å². The Kier molecular flexibility index (Phi) is 16.0. The van der Waals surface area contributed by atoms with Gasteiger partial charge in [0.05, 0.1) is 50.3 Å². The summed E-state index contributed by atoms with van der Waals surface area (Å²) in [5.41, 5.74) is -0.346. The molecule has 1 fully saturated rings. The van der Waals surface area contributed by atoms with Crippen molar-refractivity contribution in [2.75, 3.05) is 39.5 Å². The molecule has 0 saturated carbocycles. The Balaban J connectivity index is 1.69. The van der Waals surface area contributed by atoms with Gasteiger partial charge in [-0.15, -0.1) is 0 Å². The molecule has 2 aromatic rings. The molecule has 2 unspecified atom stereocenters. The zero-order valence-corrected chi connectivity index (χ0v) is 29.7. The summed E-state index contributed by atoms with van der Waals surface area (Å²) < 4.78 is 24.7. The fourth-order valence-corrected chi connectivity index (χ4v) is 6.35. The highest BCUT2D eigenvalue weighted by molar-refractivity contribution is 7.51. The van der Waals surface area contributed by atoms with E-state index in [2.05, 4.69) is 16.8 Å². The Morgan fingerprint density at radius 1 is 0.943 bits per heavy atom. The molecule has 0 aromatic carbocycles. The van der Waals surface area contributed by atoms with E-state index in [-0.39, 0.29) is 37.4 Å². The van der Waals surface area contributed by atoms with Gasteiger partial charge in [0.2, 0.25) is 0 Å². The van der Waals surface area contributed by atoms with Gasteiger partial charge in [-0.25, -0.2) is 4.79 Å². The minimum atomic E-state index is -3.91. The Morgan fingerprint density at radius 2 is 1.49 bits per heavy atom. The van der Waals surface area contributed by atoms with Crippen LogP contribution in [0, 0.1) is 11.8 Å². The zero-order chi connectivity index (χ0) is 39.3. The lowest BCUT2D eigenvalue weighted by Crippen LogP contribution is -2.40. The first-order chi connectivity index (χ1) is 24.9. The van der Waals surface area contributed by atoms with E-state index in [9.17, 15) is 63.8 Å². The van der Waals surface area contributed by atoms with Gasteiger partial charge in [0, 0.05) is 57.0 Å². The molecule has 0 radical (unpaired) electrons. The lowest BCUT2D eigenvalue weighted by atomic mass is 10.1. The third-order valence-corrected chi connectivity index (χ3v) is 8.31. The number of aromatic nitrogens is 3. The Bertz CT molecular complexity index is 1780. The van der Waals surface area contributed by atoms with Gasteiger partial charge in [0.25, 0.3) is 5.56 Å². The third-order valence-electron chi connectivity index (χ3n) is 7.65. The summed E-state index contributed by atoms with van der Waals surface area (Å²) in [6.45, 7) is -2.26. The van der Waals surface area contributed by atoms with E-state index in [0.29, 0.717) is 31.2 Å². The number of carboxylic acids is 4. The average molecular weight is 768 g/mol. The summed E-state index contributed by atoms with van der Waals surface area (Å²) in [5.74, 6) is 0.866. The van der Waals surface area contributed by atoms with Crippen molar-refractivity contribution in [2.45, 2.75) is 70.2 Å². The number of unbranched alkanes of at least 4 members (excludes halogenated alkanes) is 3. The molecule has 4 atom stereocenters. The monoisotopic (exact) mass is 767 g/mol. The molecule has 6 N–H and O–H groups in total. The zero-order valence-electron chi connectivity index (χ0n) is 28.8. The van der Waals surface area contributed by atoms with E-state index in [4.69, 9.17) is 9.26 Å². The van der Waals surface area contributed by atoms with E-state index < -0.39 is 93.9 Å². The summed E-state index contributed by atoms with van der Waals surface area (Å²) in [7, 11) is -3.91. The van der Waals surface area contributed by atoms with E-state index >= 15 is 0 Å². The number of rotatable bonds is 21. The first-order valence-electron chi connectivity index (χ1n) is 16.3. The van der Waals surface area contributed by atoms with Crippen LogP contribution < -0.4 is 11.2 Å². The minimum Gasteiger partial charge on any atom is -0.480 e. The van der Waals surface area contributed by atoms with E-state index in [1.165, 1.54) is 29.0 Å². The van der Waals surface area contributed by atoms with Gasteiger partial charge in [-0.1, -0.05) is 18.3 Å². The van der Waals surface area contributed by atoms with Crippen LogP contribution in [-0.4, -0.2) is 130 Å². The Morgan fingerprint density at radius 3 is 1.98 bits per heavy atom. The van der Waals surface area contributed by atoms with Crippen LogP contribution in [0.5, 0.6) is 0 Å². The van der Waals surface area contributed by atoms with Gasteiger partial charge < -0.3 is 39.7 Å². The fourth-order valence-electron chi connectivity index (χ4n) is 5.62. The Hall–Kier alpha value is -4.74. The topological polar surface area (TPSA) is 289 Å². The van der Waals surface area contributed by atoms with Crippen LogP contribution in [0.15, 0.2) is 34.0 Å². The fraction of sp³-hybridized carbons (Fsp3) is 0.531. The number of nitrogens with zero attached hydrogens (tertiary/aromatic N) is 5. The van der Waals surface area contributed by atoms with Crippen LogP contribution in [0.1, 0.15) is 55.3 Å². The number of carbonyl (C=O) groups is 4. The molecule has 0 amide bonds. The summed E-state index contributed by atoms with van der Waals surface area (Å²) in [5, 5.41) is 46.5. The van der Waals surface area contributed by atoms with E-state index in [1.54, 1.807) is 0 Å². The molecule has 2 aromatic heterocycles. The van der Waals surface area contributed by atoms with Crippen molar-refractivity contribution in [3.8, 4) is 11.8 Å². The number of hydrogen-bond donors (Lipinski definition) is 6. The van der Waals surface area contributed by atoms with Crippen LogP contribution >= 0.6 is 7.60 Å². The van der Waals surface area contributed by atoms with Gasteiger partial charge in [0.15, 0.2) is 0 Å². The first kappa shape index (κ1) is 42.7. The van der Waals surface area contributed by atoms with Crippen molar-refractivity contribution in [3.63, 3.8) is 0 Å². The quantitative estimate of drug-likeness (QED) is 0.0527. The largest absolute Gasteiger partial charge is 0.480 e. The third kappa shape index (κ3) is 14.7. The lowest BCUT2D eigenvalue weighted by molar-refractivity contribution is -0.144. The van der Waals surface area contributed by atoms with Crippen molar-refractivity contribution >= 4 is 31.5 Å². The first-order valence-corrected chi connectivity index (χ1v) is 18.3. The maximum atomic E-state index is 13.2. The summed E-state index contributed by atoms with van der Waals surface area (Å²) in [6.07, 6.45) is 0.329. The van der Waals surface area contributed by atoms with Gasteiger partial charge in [-0.3, -0.25) is 52.5 Å². The molecule has 290 valence electrons. The molecule has 1 aliphatic heterocycles. The highest BCUT2D eigenvalue weighted by atomic mass is 31.2. The highest BCUT2D eigenvalue weighted by Crippen LogP contribution is 2.43. The molecular weight excluding hydrogens is 725 g/mol. The number of hydrogen-bond acceptors (Lipinski definition) is 13. The van der Waals surface area contributed by atoms with Gasteiger partial charge in [-0.05, 0) is 25.0 Å². The molecule has 20 nitrogen and oxygen atoms in total. The molecular formula is C32H42N5O15P. The number of ether oxygens (including phenoxy) is 1. The molecule has 1 aliphatic rings. The predicted molar refractivity (Wildman–Crippen MR) is 182 cm³/mol. The van der Waals surface area contributed by atoms with Crippen molar-refractivity contribution in [3.05, 3.63) is 62.2 Å². The molecule has 0 bridgehead atoms. The van der Waals surface area contributed by atoms with E-state index in [0.717, 1.165) is 21.0 Å². The average Bonchev–Trinajstić information content (AvgIpc) is 3.41. The van der Waals surface area contributed by atoms with Crippen molar-refractivity contribution in [1.29, 1.82) is 0 Å². The van der Waals surface area contributed by atoms with Crippen LogP contribution in [-0.2, 0) is 52.6 Å². The number of aliphatic hydroxyl groups excluding tert-OH is 1. The van der Waals surface area contributed by atoms with Crippen molar-refractivity contribution < 1.29 is 63.4 Å². The molecule has 53 heavy (non-hydrogen) atoms. The standard InChI is InChI=1S/C32H42N5O15P/c1-53(49,50)52-24-13-27(51-25(24)20-38)37-10-8-26(39)36(32(37)48)9-6-4-2-3-5-7-21-11-22(14-34(16-28(40)41)17-29(42)43)33-23(12-21)15-35(18-30(44)45)19-31(46)47/h8,10-12,24-25,27,38H,2-4,6,9,13-20H2,1H3,(H,40,41)(H,42,43)(H,44,45)(H,46,47)(H,49,50)/t24?,25-,27-/m1/s1. The van der Waals surface area contributed by atoms with E-state index in [1.807, 2.05) is 0 Å². The van der Waals surface area contributed by atoms with Gasteiger partial charge in [0.1, 0.15) is 12.3 Å². The number of pyridine rings is 1. The number of aliphatic hydroxyl groups is 1. The second-order valence-electron chi connectivity index (χ2n) is 12.3. The van der Waals surface area contributed by atoms with Crippen molar-refractivity contribution in [2.24, 2.45) is 0 Å². The summed E-state index contributed by atoms with van der Waals surface area (Å²) >= 11 is 0. The van der Waals surface area contributed by atoms with Gasteiger partial charge >= 0.3 is 37.2 Å². The molecule has 21 heteroatoms. The number of aliphatic carboxylic acids is 4. The Labute approximate surface area is 302 Å². The SMILES string of the molecule is CP(=O)(O)OC1C[C@H](n2ccc(=O)n(CCCCCC#Cc3cc(CN(CC(=O)O)CC(=O)O)nc(CN(CC(=O)O)CC(=O)O)c3)c2=O)O[C@@H]1CO. The molecule has 3 rings (SSSR count). The molecule has 0 spiro atoms. The lowest BCUT2D eigenvalue weighted by Gasteiger charge is -2.20. The van der Waals surface area contributed by atoms with Crippen molar-refractivity contribution in [1.82, 2.24) is 23.9 Å². The number of carboxylic acid groups (broad SMARTS) is 4. The summed E-state index contributed by atoms with van der Waals surface area (Å²) in [4.78, 5) is 87.1.